The van der Waals surface area contributed by atoms with Crippen LogP contribution in [0, 0.1) is 0 Å². The van der Waals surface area contributed by atoms with Gasteiger partial charge in [-0.3, -0.25) is 0 Å². The fourth-order valence-corrected chi connectivity index (χ4v) is 1.06. The van der Waals surface area contributed by atoms with E-state index in [1.807, 2.05) is 20.8 Å². The summed E-state index contributed by atoms with van der Waals surface area (Å²) in [5, 5.41) is 3.21. The molecule has 1 unspecified atom stereocenters. The smallest absolute Gasteiger partial charge is 0.105 e. The van der Waals surface area contributed by atoms with Gasteiger partial charge in [-0.15, -0.1) is 12.6 Å². The maximum atomic E-state index is 5.54. The van der Waals surface area contributed by atoms with E-state index in [0.29, 0.717) is 0 Å². The first-order chi connectivity index (χ1) is 4.95. The molecule has 1 N–H and O–H groups in total. The van der Waals surface area contributed by atoms with E-state index in [9.17, 15) is 0 Å². The predicted molar refractivity (Wildman–Crippen MR) is 52.2 cm³/mol. The van der Waals surface area contributed by atoms with E-state index in [4.69, 9.17) is 4.74 Å². The van der Waals surface area contributed by atoms with E-state index in [0.717, 1.165) is 13.1 Å². The Morgan fingerprint density at radius 3 is 2.45 bits per heavy atom. The first-order valence-electron chi connectivity index (χ1n) is 4.06. The quantitative estimate of drug-likeness (QED) is 0.492. The lowest BCUT2D eigenvalue weighted by molar-refractivity contribution is -0.00126. The molecule has 0 aliphatic rings. The van der Waals surface area contributed by atoms with Crippen molar-refractivity contribution in [1.29, 1.82) is 0 Å². The third kappa shape index (κ3) is 8.17. The molecule has 0 amide bonds. The Morgan fingerprint density at radius 2 is 2.09 bits per heavy atom. The Bertz CT molecular complexity index is 101. The fraction of sp³-hybridized carbons (Fsp3) is 1.00. The summed E-state index contributed by atoms with van der Waals surface area (Å²) in [7, 11) is 0. The average Bonchev–Trinajstić information content (AvgIpc) is 1.79. The molecule has 68 valence electrons. The van der Waals surface area contributed by atoms with Gasteiger partial charge in [0.1, 0.15) is 4.93 Å². The van der Waals surface area contributed by atoms with Crippen LogP contribution in [0.3, 0.4) is 0 Å². The molecule has 0 rings (SSSR count). The van der Waals surface area contributed by atoms with Crippen LogP contribution in [0.1, 0.15) is 27.7 Å². The van der Waals surface area contributed by atoms with Gasteiger partial charge >= 0.3 is 0 Å². The van der Waals surface area contributed by atoms with Crippen LogP contribution < -0.4 is 5.32 Å². The second kappa shape index (κ2) is 5.01. The monoisotopic (exact) mass is 177 g/mol. The van der Waals surface area contributed by atoms with Gasteiger partial charge in [0, 0.05) is 6.54 Å². The minimum Gasteiger partial charge on any atom is -0.361 e. The lowest BCUT2D eigenvalue weighted by Gasteiger charge is -2.24. The van der Waals surface area contributed by atoms with Crippen molar-refractivity contribution in [1.82, 2.24) is 5.32 Å². The van der Waals surface area contributed by atoms with Crippen molar-refractivity contribution >= 4 is 12.6 Å². The zero-order chi connectivity index (χ0) is 8.91. The van der Waals surface area contributed by atoms with Gasteiger partial charge in [0.05, 0.1) is 6.10 Å². The lowest BCUT2D eigenvalue weighted by Crippen LogP contribution is -2.32. The number of likely N-dealkylation sites (N-methyl/N-ethyl adjacent to an activating group) is 1. The second-order valence-corrected chi connectivity index (χ2v) is 4.26. The van der Waals surface area contributed by atoms with Crippen LogP contribution in [0.4, 0.5) is 0 Å². The molecule has 0 saturated heterocycles. The summed E-state index contributed by atoms with van der Waals surface area (Å²) in [4.78, 5) is -0.325. The van der Waals surface area contributed by atoms with Crippen LogP contribution in [0.5, 0.6) is 0 Å². The first kappa shape index (κ1) is 11.3. The maximum Gasteiger partial charge on any atom is 0.105 e. The van der Waals surface area contributed by atoms with Gasteiger partial charge in [-0.2, -0.15) is 0 Å². The maximum absolute atomic E-state index is 5.54. The summed E-state index contributed by atoms with van der Waals surface area (Å²) in [6.45, 7) is 9.89. The second-order valence-electron chi connectivity index (χ2n) is 3.18. The highest BCUT2D eigenvalue weighted by atomic mass is 32.1. The molecule has 1 atom stereocenters. The molecule has 3 heteroatoms. The predicted octanol–water partition coefficient (Wildman–Crippen LogP) is 1.67. The van der Waals surface area contributed by atoms with Crippen LogP contribution in [0.2, 0.25) is 0 Å². The summed E-state index contributed by atoms with van der Waals surface area (Å²) in [6.07, 6.45) is 0.224. The van der Waals surface area contributed by atoms with Crippen molar-refractivity contribution in [3.8, 4) is 0 Å². The molecular weight excluding hydrogens is 158 g/mol. The Hall–Kier alpha value is 0.270. The summed E-state index contributed by atoms with van der Waals surface area (Å²) in [5.41, 5.74) is 0. The molecule has 0 saturated carbocycles. The van der Waals surface area contributed by atoms with Gasteiger partial charge in [-0.25, -0.2) is 0 Å². The standard InChI is InChI=1S/C8H19NOS/c1-5-9-6-7(2)10-8(3,4)11/h7,9,11H,5-6H2,1-4H3. The van der Waals surface area contributed by atoms with Gasteiger partial charge < -0.3 is 10.1 Å². The number of ether oxygens (including phenoxy) is 1. The van der Waals surface area contributed by atoms with E-state index in [2.05, 4.69) is 24.9 Å². The molecule has 0 aromatic rings. The van der Waals surface area contributed by atoms with Crippen LogP contribution in [-0.2, 0) is 4.74 Å². The number of hydrogen-bond donors (Lipinski definition) is 2. The van der Waals surface area contributed by atoms with Crippen molar-refractivity contribution in [2.45, 2.75) is 38.7 Å². The molecule has 0 bridgehead atoms. The fourth-order valence-electron chi connectivity index (χ4n) is 0.882. The van der Waals surface area contributed by atoms with Crippen LogP contribution in [0.15, 0.2) is 0 Å². The molecular formula is C8H19NOS. The molecule has 0 radical (unpaired) electrons. The number of thiol groups is 1. The minimum atomic E-state index is -0.325. The van der Waals surface area contributed by atoms with Crippen LogP contribution in [0.25, 0.3) is 0 Å². The molecule has 0 spiro atoms. The summed E-state index contributed by atoms with van der Waals surface area (Å²) < 4.78 is 5.54. The largest absolute Gasteiger partial charge is 0.361 e. The molecule has 0 aromatic carbocycles. The van der Waals surface area contributed by atoms with E-state index < -0.39 is 0 Å². The van der Waals surface area contributed by atoms with Crippen LogP contribution in [-0.4, -0.2) is 24.1 Å². The van der Waals surface area contributed by atoms with Crippen LogP contribution >= 0.6 is 12.6 Å². The highest BCUT2D eigenvalue weighted by Gasteiger charge is 2.15. The van der Waals surface area contributed by atoms with E-state index >= 15 is 0 Å². The van der Waals surface area contributed by atoms with Crippen molar-refractivity contribution in [3.05, 3.63) is 0 Å². The first-order valence-corrected chi connectivity index (χ1v) is 4.51. The average molecular weight is 177 g/mol. The summed E-state index contributed by atoms with van der Waals surface area (Å²) in [6, 6.07) is 0. The highest BCUT2D eigenvalue weighted by molar-refractivity contribution is 7.81. The van der Waals surface area contributed by atoms with Crippen molar-refractivity contribution < 1.29 is 4.74 Å². The SMILES string of the molecule is CCNCC(C)OC(C)(C)S. The molecule has 0 aliphatic heterocycles. The molecule has 0 aromatic heterocycles. The molecule has 11 heavy (non-hydrogen) atoms. The Kier molecular flexibility index (Phi) is 5.13. The topological polar surface area (TPSA) is 21.3 Å². The zero-order valence-corrected chi connectivity index (χ0v) is 8.74. The molecule has 0 aliphatic carbocycles. The van der Waals surface area contributed by atoms with Gasteiger partial charge in [0.15, 0.2) is 0 Å². The van der Waals surface area contributed by atoms with Crippen molar-refractivity contribution in [2.75, 3.05) is 13.1 Å². The van der Waals surface area contributed by atoms with Gasteiger partial charge in [-0.1, -0.05) is 6.92 Å². The number of nitrogens with one attached hydrogen (secondary N) is 1. The normalized spacial score (nSPS) is 15.0. The molecule has 2 nitrogen and oxygen atoms in total. The third-order valence-corrected chi connectivity index (χ3v) is 1.28. The van der Waals surface area contributed by atoms with E-state index in [1.165, 1.54) is 0 Å². The lowest BCUT2D eigenvalue weighted by atomic mass is 10.3. The molecule has 0 fully saturated rings. The minimum absolute atomic E-state index is 0.224. The van der Waals surface area contributed by atoms with Gasteiger partial charge in [0.25, 0.3) is 0 Å². The molecule has 0 heterocycles. The summed E-state index contributed by atoms with van der Waals surface area (Å²) in [5.74, 6) is 0. The van der Waals surface area contributed by atoms with Gasteiger partial charge in [-0.05, 0) is 27.3 Å². The Balaban J connectivity index is 3.44. The number of rotatable bonds is 5. The van der Waals surface area contributed by atoms with E-state index in [-0.39, 0.29) is 11.0 Å². The Labute approximate surface area is 75.1 Å². The summed E-state index contributed by atoms with van der Waals surface area (Å²) >= 11 is 4.27. The number of hydrogen-bond acceptors (Lipinski definition) is 3. The van der Waals surface area contributed by atoms with Gasteiger partial charge in [0.2, 0.25) is 0 Å². The Morgan fingerprint density at radius 1 is 1.55 bits per heavy atom. The van der Waals surface area contributed by atoms with Crippen molar-refractivity contribution in [2.24, 2.45) is 0 Å². The zero-order valence-electron chi connectivity index (χ0n) is 7.85. The van der Waals surface area contributed by atoms with E-state index in [1.54, 1.807) is 0 Å². The third-order valence-electron chi connectivity index (χ3n) is 1.17. The van der Waals surface area contributed by atoms with Crippen molar-refractivity contribution in [3.63, 3.8) is 0 Å². The highest BCUT2D eigenvalue weighted by Crippen LogP contribution is 2.15.